The molecule has 0 aliphatic rings. The average molecular weight is 384 g/mol. The van der Waals surface area contributed by atoms with Crippen molar-refractivity contribution in [2.75, 3.05) is 5.32 Å². The Bertz CT molecular complexity index is 950. The van der Waals surface area contributed by atoms with Gasteiger partial charge in [0.15, 0.2) is 4.34 Å². The minimum absolute atomic E-state index is 0.0745. The second-order valence-electron chi connectivity index (χ2n) is 5.33. The van der Waals surface area contributed by atoms with Gasteiger partial charge in [-0.2, -0.15) is 5.26 Å². The number of anilines is 1. The molecule has 3 rings (SSSR count). The van der Waals surface area contributed by atoms with Crippen molar-refractivity contribution in [2.24, 2.45) is 0 Å². The fourth-order valence-electron chi connectivity index (χ4n) is 2.13. The zero-order chi connectivity index (χ0) is 18.4. The lowest BCUT2D eigenvalue weighted by molar-refractivity contribution is -0.115. The molecule has 0 saturated heterocycles. The number of amides is 1. The Morgan fingerprint density at radius 1 is 1.19 bits per heavy atom. The summed E-state index contributed by atoms with van der Waals surface area (Å²) in [6.07, 6.45) is 0.0745. The molecule has 0 fully saturated rings. The first-order valence-corrected chi connectivity index (χ1v) is 9.42. The molecule has 8 heteroatoms. The molecule has 0 unspecified atom stereocenters. The Hall–Kier alpha value is -2.76. The van der Waals surface area contributed by atoms with Crippen molar-refractivity contribution >= 4 is 34.1 Å². The number of aromatic nitrogens is 2. The van der Waals surface area contributed by atoms with Gasteiger partial charge in [-0.1, -0.05) is 47.4 Å². The van der Waals surface area contributed by atoms with E-state index in [2.05, 4.69) is 21.6 Å². The lowest BCUT2D eigenvalue weighted by Crippen LogP contribution is -2.14. The van der Waals surface area contributed by atoms with Gasteiger partial charge < -0.3 is 5.32 Å². The van der Waals surface area contributed by atoms with Gasteiger partial charge in [0, 0.05) is 5.75 Å². The molecule has 130 valence electrons. The predicted molar refractivity (Wildman–Crippen MR) is 99.4 cm³/mol. The van der Waals surface area contributed by atoms with Crippen molar-refractivity contribution in [3.63, 3.8) is 0 Å². The third kappa shape index (κ3) is 5.12. The number of hydrogen-bond donors (Lipinski definition) is 1. The van der Waals surface area contributed by atoms with Gasteiger partial charge in [0.25, 0.3) is 0 Å². The molecule has 2 aromatic carbocycles. The fourth-order valence-corrected chi connectivity index (χ4v) is 3.86. The van der Waals surface area contributed by atoms with Crippen molar-refractivity contribution in [2.45, 2.75) is 16.5 Å². The maximum absolute atomic E-state index is 13.1. The molecule has 0 saturated carbocycles. The number of rotatable bonds is 6. The summed E-state index contributed by atoms with van der Waals surface area (Å²) in [6, 6.07) is 15.4. The van der Waals surface area contributed by atoms with Crippen LogP contribution in [0.2, 0.25) is 0 Å². The Labute approximate surface area is 157 Å². The number of nitrogens with one attached hydrogen (secondary N) is 1. The molecule has 0 radical (unpaired) electrons. The summed E-state index contributed by atoms with van der Waals surface area (Å²) in [5, 5.41) is 19.9. The van der Waals surface area contributed by atoms with Crippen LogP contribution in [0.15, 0.2) is 52.9 Å². The van der Waals surface area contributed by atoms with Gasteiger partial charge in [-0.05, 0) is 35.4 Å². The predicted octanol–water partition coefficient (Wildman–Crippen LogP) is 4.02. The summed E-state index contributed by atoms with van der Waals surface area (Å²) in [7, 11) is 0. The highest BCUT2D eigenvalue weighted by molar-refractivity contribution is 8.00. The van der Waals surface area contributed by atoms with Gasteiger partial charge in [-0.15, -0.1) is 10.2 Å². The molecule has 1 heterocycles. The van der Waals surface area contributed by atoms with E-state index in [0.29, 0.717) is 22.0 Å². The van der Waals surface area contributed by atoms with Gasteiger partial charge in [-0.25, -0.2) is 4.39 Å². The number of hydrogen-bond acceptors (Lipinski definition) is 6. The van der Waals surface area contributed by atoms with Crippen LogP contribution in [0.1, 0.15) is 16.7 Å². The highest BCUT2D eigenvalue weighted by Crippen LogP contribution is 2.28. The summed E-state index contributed by atoms with van der Waals surface area (Å²) in [5.41, 5.74) is 2.29. The summed E-state index contributed by atoms with van der Waals surface area (Å²) >= 11 is 2.79. The van der Waals surface area contributed by atoms with Gasteiger partial charge >= 0.3 is 0 Å². The zero-order valence-corrected chi connectivity index (χ0v) is 15.1. The lowest BCUT2D eigenvalue weighted by Gasteiger charge is -2.01. The fraction of sp³-hybridized carbons (Fsp3) is 0.111. The molecule has 1 N–H and O–H groups in total. The number of halogens is 1. The minimum Gasteiger partial charge on any atom is -0.300 e. The van der Waals surface area contributed by atoms with E-state index < -0.39 is 0 Å². The Balaban J connectivity index is 1.52. The first-order chi connectivity index (χ1) is 12.6. The van der Waals surface area contributed by atoms with Crippen LogP contribution < -0.4 is 5.32 Å². The molecular weight excluding hydrogens is 371 g/mol. The molecule has 0 atom stereocenters. The van der Waals surface area contributed by atoms with Crippen LogP contribution in [0.4, 0.5) is 9.52 Å². The normalized spacial score (nSPS) is 10.3. The van der Waals surface area contributed by atoms with E-state index in [1.807, 2.05) is 12.1 Å². The van der Waals surface area contributed by atoms with E-state index in [1.165, 1.54) is 35.2 Å². The van der Waals surface area contributed by atoms with Crippen LogP contribution in [-0.4, -0.2) is 16.1 Å². The van der Waals surface area contributed by atoms with Crippen molar-refractivity contribution in [1.82, 2.24) is 10.2 Å². The van der Waals surface area contributed by atoms with Crippen LogP contribution in [0, 0.1) is 17.1 Å². The zero-order valence-electron chi connectivity index (χ0n) is 13.5. The van der Waals surface area contributed by atoms with Crippen molar-refractivity contribution < 1.29 is 9.18 Å². The molecule has 0 spiro atoms. The number of thioether (sulfide) groups is 1. The van der Waals surface area contributed by atoms with Crippen molar-refractivity contribution in [3.8, 4) is 6.07 Å². The molecule has 3 aromatic rings. The van der Waals surface area contributed by atoms with E-state index in [4.69, 9.17) is 5.26 Å². The van der Waals surface area contributed by atoms with Gasteiger partial charge in [0.1, 0.15) is 5.82 Å². The Morgan fingerprint density at radius 2 is 2.00 bits per heavy atom. The van der Waals surface area contributed by atoms with Crippen LogP contribution in [0.25, 0.3) is 0 Å². The number of nitriles is 1. The minimum atomic E-state index is -0.368. The van der Waals surface area contributed by atoms with E-state index in [0.717, 1.165) is 9.90 Å². The van der Waals surface area contributed by atoms with Crippen LogP contribution in [0.5, 0.6) is 0 Å². The number of carbonyl (C=O) groups excluding carboxylic acids is 1. The lowest BCUT2D eigenvalue weighted by atomic mass is 10.1. The summed E-state index contributed by atoms with van der Waals surface area (Å²) in [4.78, 5) is 12.0. The first kappa shape index (κ1) is 18.0. The molecule has 1 amide bonds. The largest absolute Gasteiger partial charge is 0.300 e. The Kier molecular flexibility index (Phi) is 5.94. The maximum Gasteiger partial charge on any atom is 0.230 e. The van der Waals surface area contributed by atoms with Gasteiger partial charge in [0.05, 0.1) is 18.1 Å². The third-order valence-corrected chi connectivity index (χ3v) is 5.40. The molecule has 0 aliphatic heterocycles. The standard InChI is InChI=1S/C18H13FN4OS2/c19-15-3-1-2-14(8-15)9-16(24)21-17-22-23-18(26-17)25-11-13-6-4-12(10-20)5-7-13/h1-8H,9,11H2,(H,21,22,24). The topological polar surface area (TPSA) is 78.7 Å². The molecule has 1 aromatic heterocycles. The molecule has 26 heavy (non-hydrogen) atoms. The third-order valence-electron chi connectivity index (χ3n) is 3.35. The number of benzene rings is 2. The van der Waals surface area contributed by atoms with Gasteiger partial charge in [-0.3, -0.25) is 4.79 Å². The highest BCUT2D eigenvalue weighted by atomic mass is 32.2. The first-order valence-electron chi connectivity index (χ1n) is 7.62. The van der Waals surface area contributed by atoms with Crippen molar-refractivity contribution in [3.05, 3.63) is 71.0 Å². The van der Waals surface area contributed by atoms with Crippen LogP contribution in [0.3, 0.4) is 0 Å². The summed E-state index contributed by atoms with van der Waals surface area (Å²) in [5.74, 6) is 0.0560. The average Bonchev–Trinajstić information content (AvgIpc) is 3.07. The Morgan fingerprint density at radius 3 is 2.73 bits per heavy atom. The number of nitrogens with zero attached hydrogens (tertiary/aromatic N) is 3. The van der Waals surface area contributed by atoms with E-state index in [-0.39, 0.29) is 18.1 Å². The van der Waals surface area contributed by atoms with Crippen LogP contribution in [-0.2, 0) is 17.0 Å². The van der Waals surface area contributed by atoms with Crippen LogP contribution >= 0.6 is 23.1 Å². The molecular formula is C18H13FN4OS2. The summed E-state index contributed by atoms with van der Waals surface area (Å²) in [6.45, 7) is 0. The van der Waals surface area contributed by atoms with Crippen molar-refractivity contribution in [1.29, 1.82) is 5.26 Å². The highest BCUT2D eigenvalue weighted by Gasteiger charge is 2.10. The quantitative estimate of drug-likeness (QED) is 0.513. The number of carbonyl (C=O) groups is 1. The summed E-state index contributed by atoms with van der Waals surface area (Å²) < 4.78 is 13.9. The second-order valence-corrected chi connectivity index (χ2v) is 7.53. The van der Waals surface area contributed by atoms with E-state index in [9.17, 15) is 9.18 Å². The molecule has 0 aliphatic carbocycles. The smallest absolute Gasteiger partial charge is 0.230 e. The van der Waals surface area contributed by atoms with E-state index >= 15 is 0 Å². The monoisotopic (exact) mass is 384 g/mol. The second kappa shape index (κ2) is 8.56. The molecule has 5 nitrogen and oxygen atoms in total. The SMILES string of the molecule is N#Cc1ccc(CSc2nnc(NC(=O)Cc3cccc(F)c3)s2)cc1. The molecule has 0 bridgehead atoms. The van der Waals surface area contributed by atoms with E-state index in [1.54, 1.807) is 24.3 Å². The van der Waals surface area contributed by atoms with Gasteiger partial charge in [0.2, 0.25) is 11.0 Å². The maximum atomic E-state index is 13.1.